The van der Waals surface area contributed by atoms with Crippen LogP contribution in [0.5, 0.6) is 5.75 Å². The first-order chi connectivity index (χ1) is 10.2. The Balaban J connectivity index is 0.00000144. The highest BCUT2D eigenvalue weighted by Crippen LogP contribution is 2.30. The zero-order chi connectivity index (χ0) is 14.4. The van der Waals surface area contributed by atoms with E-state index in [2.05, 4.69) is 21.2 Å². The van der Waals surface area contributed by atoms with Gasteiger partial charge in [-0.25, -0.2) is 4.79 Å². The third-order valence-electron chi connectivity index (χ3n) is 4.40. The molecule has 2 unspecified atom stereocenters. The Kier molecular flexibility index (Phi) is 4.48. The third-order valence-corrected chi connectivity index (χ3v) is 4.95. The van der Waals surface area contributed by atoms with Gasteiger partial charge in [0.25, 0.3) is 0 Å². The standard InChI is InChI=1S/C16H16BrNO3.ClH/c17-14-5-9-1-4-12(8-15(9)21-16(14)19)20-13-6-10-2-3-11(7-13)18-10;/h1,4-5,8,10-11,13,18H,2-3,6-7H2;1H. The fourth-order valence-electron chi connectivity index (χ4n) is 3.43. The first-order valence-corrected chi connectivity index (χ1v) is 8.13. The molecular formula is C16H17BrClNO3. The summed E-state index contributed by atoms with van der Waals surface area (Å²) >= 11 is 3.19. The highest BCUT2D eigenvalue weighted by molar-refractivity contribution is 9.10. The topological polar surface area (TPSA) is 51.5 Å². The fraction of sp³-hybridized carbons (Fsp3) is 0.438. The molecule has 2 bridgehead atoms. The molecule has 2 saturated heterocycles. The minimum Gasteiger partial charge on any atom is -0.490 e. The smallest absolute Gasteiger partial charge is 0.350 e. The van der Waals surface area contributed by atoms with Crippen molar-refractivity contribution in [2.75, 3.05) is 0 Å². The predicted octanol–water partition coefficient (Wildman–Crippen LogP) is 3.64. The summed E-state index contributed by atoms with van der Waals surface area (Å²) in [4.78, 5) is 11.6. The van der Waals surface area contributed by atoms with Crippen LogP contribution in [0.3, 0.4) is 0 Å². The van der Waals surface area contributed by atoms with E-state index in [1.807, 2.05) is 18.2 Å². The Morgan fingerprint density at radius 1 is 1.18 bits per heavy atom. The SMILES string of the molecule is Cl.O=c1oc2cc(OC3CC4CCC(C3)N4)ccc2cc1Br. The molecule has 118 valence electrons. The molecule has 4 rings (SSSR count). The molecule has 1 aromatic heterocycles. The minimum atomic E-state index is -0.362. The van der Waals surface area contributed by atoms with Crippen LogP contribution in [0.15, 0.2) is 37.9 Å². The largest absolute Gasteiger partial charge is 0.490 e. The van der Waals surface area contributed by atoms with Crippen molar-refractivity contribution in [3.63, 3.8) is 0 Å². The maximum Gasteiger partial charge on any atom is 0.350 e. The van der Waals surface area contributed by atoms with E-state index in [1.165, 1.54) is 12.8 Å². The van der Waals surface area contributed by atoms with Crippen molar-refractivity contribution in [2.24, 2.45) is 0 Å². The van der Waals surface area contributed by atoms with E-state index in [9.17, 15) is 4.79 Å². The number of piperidine rings is 1. The molecule has 0 amide bonds. The molecule has 2 fully saturated rings. The van der Waals surface area contributed by atoms with Crippen LogP contribution in [-0.2, 0) is 0 Å². The molecule has 0 spiro atoms. The molecular weight excluding hydrogens is 370 g/mol. The lowest BCUT2D eigenvalue weighted by Gasteiger charge is -2.29. The zero-order valence-electron chi connectivity index (χ0n) is 11.9. The van der Waals surface area contributed by atoms with Gasteiger partial charge in [-0.3, -0.25) is 0 Å². The van der Waals surface area contributed by atoms with Crippen molar-refractivity contribution < 1.29 is 9.15 Å². The van der Waals surface area contributed by atoms with Crippen LogP contribution >= 0.6 is 28.3 Å². The Morgan fingerprint density at radius 3 is 2.64 bits per heavy atom. The number of fused-ring (bicyclic) bond motifs is 3. The van der Waals surface area contributed by atoms with E-state index in [1.54, 1.807) is 6.07 Å². The van der Waals surface area contributed by atoms with Crippen LogP contribution in [-0.4, -0.2) is 18.2 Å². The zero-order valence-corrected chi connectivity index (χ0v) is 14.3. The van der Waals surface area contributed by atoms with Crippen LogP contribution in [0.25, 0.3) is 11.0 Å². The van der Waals surface area contributed by atoms with Crippen molar-refractivity contribution in [1.29, 1.82) is 0 Å². The van der Waals surface area contributed by atoms with E-state index in [4.69, 9.17) is 9.15 Å². The van der Waals surface area contributed by atoms with Gasteiger partial charge < -0.3 is 14.5 Å². The Hall–Kier alpha value is -1.04. The molecule has 3 heterocycles. The van der Waals surface area contributed by atoms with Crippen LogP contribution in [0.1, 0.15) is 25.7 Å². The number of rotatable bonds is 2. The predicted molar refractivity (Wildman–Crippen MR) is 91.0 cm³/mol. The monoisotopic (exact) mass is 385 g/mol. The quantitative estimate of drug-likeness (QED) is 0.801. The van der Waals surface area contributed by atoms with Crippen LogP contribution < -0.4 is 15.7 Å². The Morgan fingerprint density at radius 2 is 1.91 bits per heavy atom. The normalized spacial score (nSPS) is 26.7. The molecule has 2 aromatic rings. The van der Waals surface area contributed by atoms with Gasteiger partial charge in [0.1, 0.15) is 21.9 Å². The van der Waals surface area contributed by atoms with Gasteiger partial charge in [-0.15, -0.1) is 12.4 Å². The van der Waals surface area contributed by atoms with E-state index >= 15 is 0 Å². The van der Waals surface area contributed by atoms with Gasteiger partial charge in [-0.05, 0) is 59.8 Å². The lowest BCUT2D eigenvalue weighted by molar-refractivity contribution is 0.137. The Bertz CT molecular complexity index is 736. The van der Waals surface area contributed by atoms with E-state index in [-0.39, 0.29) is 24.1 Å². The lowest BCUT2D eigenvalue weighted by atomic mass is 10.0. The average Bonchev–Trinajstić information content (AvgIpc) is 2.80. The van der Waals surface area contributed by atoms with Crippen LogP contribution in [0.2, 0.25) is 0 Å². The van der Waals surface area contributed by atoms with Gasteiger partial charge in [0.15, 0.2) is 0 Å². The number of hydrogen-bond acceptors (Lipinski definition) is 4. The van der Waals surface area contributed by atoms with Gasteiger partial charge in [0.05, 0.1) is 0 Å². The summed E-state index contributed by atoms with van der Waals surface area (Å²) in [6.45, 7) is 0. The molecule has 2 aliphatic rings. The second-order valence-corrected chi connectivity index (χ2v) is 6.78. The number of benzene rings is 1. The maximum atomic E-state index is 11.6. The summed E-state index contributed by atoms with van der Waals surface area (Å²) in [5.74, 6) is 0.777. The molecule has 2 atom stereocenters. The van der Waals surface area contributed by atoms with Crippen molar-refractivity contribution >= 4 is 39.3 Å². The number of halogens is 2. The highest BCUT2D eigenvalue weighted by atomic mass is 79.9. The van der Waals surface area contributed by atoms with Crippen molar-refractivity contribution in [2.45, 2.75) is 43.9 Å². The van der Waals surface area contributed by atoms with Gasteiger partial charge >= 0.3 is 5.63 Å². The highest BCUT2D eigenvalue weighted by Gasteiger charge is 2.34. The van der Waals surface area contributed by atoms with Gasteiger partial charge in [0.2, 0.25) is 0 Å². The van der Waals surface area contributed by atoms with E-state index in [0.717, 1.165) is 24.0 Å². The van der Waals surface area contributed by atoms with Crippen LogP contribution in [0, 0.1) is 0 Å². The summed E-state index contributed by atoms with van der Waals surface area (Å²) in [7, 11) is 0. The summed E-state index contributed by atoms with van der Waals surface area (Å²) in [5, 5.41) is 4.49. The van der Waals surface area contributed by atoms with Crippen LogP contribution in [0.4, 0.5) is 0 Å². The molecule has 1 N–H and O–H groups in total. The maximum absolute atomic E-state index is 11.6. The fourth-order valence-corrected chi connectivity index (χ4v) is 3.76. The number of ether oxygens (including phenoxy) is 1. The van der Waals surface area contributed by atoms with Gasteiger partial charge in [0, 0.05) is 23.5 Å². The second-order valence-electron chi connectivity index (χ2n) is 5.93. The summed E-state index contributed by atoms with van der Waals surface area (Å²) in [6, 6.07) is 8.65. The summed E-state index contributed by atoms with van der Waals surface area (Å²) < 4.78 is 11.8. The number of hydrogen-bond donors (Lipinski definition) is 1. The molecule has 0 saturated carbocycles. The van der Waals surface area contributed by atoms with E-state index in [0.29, 0.717) is 22.1 Å². The van der Waals surface area contributed by atoms with Gasteiger partial charge in [-0.2, -0.15) is 0 Å². The van der Waals surface area contributed by atoms with E-state index < -0.39 is 0 Å². The average molecular weight is 387 g/mol. The lowest BCUT2D eigenvalue weighted by Crippen LogP contribution is -2.42. The summed E-state index contributed by atoms with van der Waals surface area (Å²) in [5.41, 5.74) is 0.206. The molecule has 0 aliphatic carbocycles. The molecule has 6 heteroatoms. The number of nitrogens with one attached hydrogen (secondary N) is 1. The molecule has 4 nitrogen and oxygen atoms in total. The first kappa shape index (κ1) is 15.8. The van der Waals surface area contributed by atoms with Crippen molar-refractivity contribution in [3.8, 4) is 5.75 Å². The van der Waals surface area contributed by atoms with Crippen molar-refractivity contribution in [1.82, 2.24) is 5.32 Å². The van der Waals surface area contributed by atoms with Gasteiger partial charge in [-0.1, -0.05) is 0 Å². The van der Waals surface area contributed by atoms with Crippen molar-refractivity contribution in [3.05, 3.63) is 39.2 Å². The minimum absolute atomic E-state index is 0. The molecule has 0 radical (unpaired) electrons. The molecule has 1 aromatic carbocycles. The summed E-state index contributed by atoms with van der Waals surface area (Å²) in [6.07, 6.45) is 4.87. The third kappa shape index (κ3) is 3.03. The first-order valence-electron chi connectivity index (χ1n) is 7.33. The molecule has 22 heavy (non-hydrogen) atoms. The molecule has 2 aliphatic heterocycles. The Labute approximate surface area is 142 Å². The second kappa shape index (κ2) is 6.22.